The highest BCUT2D eigenvalue weighted by Gasteiger charge is 2.16. The molecule has 19 heavy (non-hydrogen) atoms. The molecule has 2 aromatic rings. The summed E-state index contributed by atoms with van der Waals surface area (Å²) in [6.45, 7) is 1.08. The number of hydrogen-bond acceptors (Lipinski definition) is 2. The molecule has 1 amide bonds. The molecule has 3 heteroatoms. The molecule has 0 spiro atoms. The van der Waals surface area contributed by atoms with Crippen LogP contribution < -0.4 is 10.1 Å². The van der Waals surface area contributed by atoms with Gasteiger partial charge in [-0.05, 0) is 29.7 Å². The first-order chi connectivity index (χ1) is 9.33. The minimum absolute atomic E-state index is 0.0533. The standard InChI is InChI=1S/C16H15NO2/c18-16-14-11-13(10-12-4-2-1-3-5-12)6-7-15(14)19-9-8-17-16/h1-7,11H,8-10H2,(H,17,18). The molecule has 0 saturated heterocycles. The van der Waals surface area contributed by atoms with Crippen molar-refractivity contribution in [1.29, 1.82) is 0 Å². The van der Waals surface area contributed by atoms with Crippen molar-refractivity contribution in [3.63, 3.8) is 0 Å². The number of benzene rings is 2. The second kappa shape index (κ2) is 5.14. The molecule has 0 aliphatic carbocycles. The van der Waals surface area contributed by atoms with Crippen LogP contribution in [0.4, 0.5) is 0 Å². The Morgan fingerprint density at radius 3 is 2.74 bits per heavy atom. The highest BCUT2D eigenvalue weighted by molar-refractivity contribution is 5.97. The van der Waals surface area contributed by atoms with E-state index in [1.807, 2.05) is 36.4 Å². The van der Waals surface area contributed by atoms with Gasteiger partial charge in [0.2, 0.25) is 0 Å². The van der Waals surface area contributed by atoms with Crippen LogP contribution in [0.3, 0.4) is 0 Å². The number of amides is 1. The van der Waals surface area contributed by atoms with Gasteiger partial charge in [-0.1, -0.05) is 36.4 Å². The fourth-order valence-electron chi connectivity index (χ4n) is 2.24. The van der Waals surface area contributed by atoms with Crippen LogP contribution in [0.5, 0.6) is 5.75 Å². The normalized spacial score (nSPS) is 14.0. The molecular formula is C16H15NO2. The van der Waals surface area contributed by atoms with Gasteiger partial charge in [0.15, 0.2) is 0 Å². The summed E-state index contributed by atoms with van der Waals surface area (Å²) in [7, 11) is 0. The van der Waals surface area contributed by atoms with Crippen molar-refractivity contribution >= 4 is 5.91 Å². The van der Waals surface area contributed by atoms with Crippen molar-refractivity contribution in [2.24, 2.45) is 0 Å². The number of hydrogen-bond donors (Lipinski definition) is 1. The van der Waals surface area contributed by atoms with Crippen molar-refractivity contribution in [3.05, 3.63) is 65.2 Å². The maximum Gasteiger partial charge on any atom is 0.255 e. The van der Waals surface area contributed by atoms with Gasteiger partial charge in [0.1, 0.15) is 12.4 Å². The van der Waals surface area contributed by atoms with Gasteiger partial charge in [0.05, 0.1) is 12.1 Å². The molecule has 0 saturated carbocycles. The molecule has 1 aliphatic heterocycles. The number of carbonyl (C=O) groups is 1. The van der Waals surface area contributed by atoms with E-state index in [9.17, 15) is 4.79 Å². The summed E-state index contributed by atoms with van der Waals surface area (Å²) in [5, 5.41) is 2.83. The summed E-state index contributed by atoms with van der Waals surface area (Å²) >= 11 is 0. The number of rotatable bonds is 2. The molecule has 3 rings (SSSR count). The highest BCUT2D eigenvalue weighted by atomic mass is 16.5. The average Bonchev–Trinajstić information content (AvgIpc) is 2.62. The van der Waals surface area contributed by atoms with Crippen LogP contribution in [-0.4, -0.2) is 19.1 Å². The molecule has 0 unspecified atom stereocenters. The van der Waals surface area contributed by atoms with Crippen LogP contribution in [0.15, 0.2) is 48.5 Å². The first kappa shape index (κ1) is 11.8. The Kier molecular flexibility index (Phi) is 3.19. The number of carbonyl (C=O) groups excluding carboxylic acids is 1. The Labute approximate surface area is 112 Å². The lowest BCUT2D eigenvalue weighted by Crippen LogP contribution is -2.24. The lowest BCUT2D eigenvalue weighted by molar-refractivity contribution is 0.0957. The second-order valence-electron chi connectivity index (χ2n) is 4.60. The molecule has 0 aromatic heterocycles. The molecule has 0 fully saturated rings. The van der Waals surface area contributed by atoms with Crippen LogP contribution in [0.2, 0.25) is 0 Å². The molecule has 1 aliphatic rings. The Morgan fingerprint density at radius 1 is 1.05 bits per heavy atom. The quantitative estimate of drug-likeness (QED) is 0.892. The number of fused-ring (bicyclic) bond motifs is 1. The third-order valence-electron chi connectivity index (χ3n) is 3.18. The molecule has 1 N–H and O–H groups in total. The average molecular weight is 253 g/mol. The Hall–Kier alpha value is -2.29. The van der Waals surface area contributed by atoms with Crippen LogP contribution in [0, 0.1) is 0 Å². The smallest absolute Gasteiger partial charge is 0.255 e. The Morgan fingerprint density at radius 2 is 1.89 bits per heavy atom. The largest absolute Gasteiger partial charge is 0.491 e. The van der Waals surface area contributed by atoms with Gasteiger partial charge >= 0.3 is 0 Å². The zero-order valence-electron chi connectivity index (χ0n) is 10.6. The van der Waals surface area contributed by atoms with Gasteiger partial charge in [-0.2, -0.15) is 0 Å². The first-order valence-electron chi connectivity index (χ1n) is 6.41. The molecule has 2 aromatic carbocycles. The third kappa shape index (κ3) is 2.60. The van der Waals surface area contributed by atoms with E-state index >= 15 is 0 Å². The van der Waals surface area contributed by atoms with Crippen LogP contribution in [0.25, 0.3) is 0 Å². The Bertz CT molecular complexity index is 593. The van der Waals surface area contributed by atoms with Gasteiger partial charge in [-0.15, -0.1) is 0 Å². The molecule has 0 bridgehead atoms. The highest BCUT2D eigenvalue weighted by Crippen LogP contribution is 2.23. The van der Waals surface area contributed by atoms with Gasteiger partial charge in [-0.25, -0.2) is 0 Å². The van der Waals surface area contributed by atoms with Crippen molar-refractivity contribution in [1.82, 2.24) is 5.32 Å². The summed E-state index contributed by atoms with van der Waals surface area (Å²) in [5.41, 5.74) is 2.98. The minimum atomic E-state index is -0.0533. The Balaban J connectivity index is 1.90. The lowest BCUT2D eigenvalue weighted by Gasteiger charge is -2.08. The van der Waals surface area contributed by atoms with Gasteiger partial charge in [-0.3, -0.25) is 4.79 Å². The molecule has 0 atom stereocenters. The maximum absolute atomic E-state index is 11.9. The molecule has 0 radical (unpaired) electrons. The lowest BCUT2D eigenvalue weighted by atomic mass is 10.0. The zero-order valence-corrected chi connectivity index (χ0v) is 10.6. The topological polar surface area (TPSA) is 38.3 Å². The van der Waals surface area contributed by atoms with E-state index in [1.54, 1.807) is 0 Å². The van der Waals surface area contributed by atoms with Crippen LogP contribution in [-0.2, 0) is 6.42 Å². The van der Waals surface area contributed by atoms with Gasteiger partial charge < -0.3 is 10.1 Å². The van der Waals surface area contributed by atoms with Crippen molar-refractivity contribution in [2.45, 2.75) is 6.42 Å². The van der Waals surface area contributed by atoms with Crippen molar-refractivity contribution in [3.8, 4) is 5.75 Å². The maximum atomic E-state index is 11.9. The first-order valence-corrected chi connectivity index (χ1v) is 6.41. The predicted octanol–water partition coefficient (Wildman–Crippen LogP) is 2.40. The third-order valence-corrected chi connectivity index (χ3v) is 3.18. The monoisotopic (exact) mass is 253 g/mol. The zero-order chi connectivity index (χ0) is 13.1. The van der Waals surface area contributed by atoms with Gasteiger partial charge in [0, 0.05) is 0 Å². The molecule has 96 valence electrons. The van der Waals surface area contributed by atoms with Crippen LogP contribution in [0.1, 0.15) is 21.5 Å². The number of ether oxygens (including phenoxy) is 1. The minimum Gasteiger partial charge on any atom is -0.491 e. The predicted molar refractivity (Wildman–Crippen MR) is 73.5 cm³/mol. The van der Waals surface area contributed by atoms with E-state index in [0.717, 1.165) is 12.0 Å². The van der Waals surface area contributed by atoms with Crippen molar-refractivity contribution in [2.75, 3.05) is 13.2 Å². The molecular weight excluding hydrogens is 238 g/mol. The second-order valence-corrected chi connectivity index (χ2v) is 4.60. The SMILES string of the molecule is O=C1NCCOc2ccc(Cc3ccccc3)cc21. The summed E-state index contributed by atoms with van der Waals surface area (Å²) in [6.07, 6.45) is 0.821. The summed E-state index contributed by atoms with van der Waals surface area (Å²) in [5.74, 6) is 0.620. The van der Waals surface area contributed by atoms with E-state index in [-0.39, 0.29) is 5.91 Å². The van der Waals surface area contributed by atoms with Crippen molar-refractivity contribution < 1.29 is 9.53 Å². The summed E-state index contributed by atoms with van der Waals surface area (Å²) < 4.78 is 5.54. The van der Waals surface area contributed by atoms with E-state index in [1.165, 1.54) is 5.56 Å². The van der Waals surface area contributed by atoms with Gasteiger partial charge in [0.25, 0.3) is 5.91 Å². The fraction of sp³-hybridized carbons (Fsp3) is 0.188. The number of nitrogens with one attached hydrogen (secondary N) is 1. The summed E-state index contributed by atoms with van der Waals surface area (Å²) in [6, 6.07) is 16.0. The van der Waals surface area contributed by atoms with E-state index in [4.69, 9.17) is 4.74 Å². The molecule has 3 nitrogen and oxygen atoms in total. The summed E-state index contributed by atoms with van der Waals surface area (Å²) in [4.78, 5) is 11.9. The van der Waals surface area contributed by atoms with E-state index < -0.39 is 0 Å². The van der Waals surface area contributed by atoms with E-state index in [2.05, 4.69) is 17.4 Å². The van der Waals surface area contributed by atoms with E-state index in [0.29, 0.717) is 24.5 Å². The molecule has 1 heterocycles. The van der Waals surface area contributed by atoms with Crippen LogP contribution >= 0.6 is 0 Å². The fourth-order valence-corrected chi connectivity index (χ4v) is 2.24.